The van der Waals surface area contributed by atoms with Crippen molar-refractivity contribution >= 4 is 34.2 Å². The highest BCUT2D eigenvalue weighted by molar-refractivity contribution is 14.1. The monoisotopic (exact) mass is 333 g/mol. The zero-order valence-corrected chi connectivity index (χ0v) is 10.1. The van der Waals surface area contributed by atoms with E-state index in [1.165, 1.54) is 13.2 Å². The van der Waals surface area contributed by atoms with Crippen molar-refractivity contribution in [2.45, 2.75) is 12.3 Å². The number of hydrogen-bond donors (Lipinski definition) is 0. The van der Waals surface area contributed by atoms with Gasteiger partial charge < -0.3 is 4.74 Å². The van der Waals surface area contributed by atoms with Crippen LogP contribution in [0.2, 0.25) is 0 Å². The number of rotatable bonds is 3. The molecular formula is C8H7ClF2INO. The summed E-state index contributed by atoms with van der Waals surface area (Å²) in [6.45, 7) is 0. The highest BCUT2D eigenvalue weighted by Gasteiger charge is 2.15. The number of methoxy groups -OCH3 is 1. The van der Waals surface area contributed by atoms with Gasteiger partial charge in [0, 0.05) is 6.07 Å². The molecule has 0 aromatic carbocycles. The largest absolute Gasteiger partial charge is 0.496 e. The van der Waals surface area contributed by atoms with E-state index in [-0.39, 0.29) is 11.6 Å². The third-order valence-corrected chi connectivity index (χ3v) is 2.99. The molecule has 78 valence electrons. The molecule has 1 heterocycles. The molecule has 14 heavy (non-hydrogen) atoms. The maximum Gasteiger partial charge on any atom is 0.280 e. The Balaban J connectivity index is 3.25. The topological polar surface area (TPSA) is 22.1 Å². The van der Waals surface area contributed by atoms with Crippen molar-refractivity contribution in [3.05, 3.63) is 21.0 Å². The molecule has 0 saturated carbocycles. The first-order valence-corrected chi connectivity index (χ1v) is 5.29. The number of hydrogen-bond acceptors (Lipinski definition) is 2. The van der Waals surface area contributed by atoms with Crippen LogP contribution in [0.3, 0.4) is 0 Å². The molecule has 0 atom stereocenters. The van der Waals surface area contributed by atoms with E-state index < -0.39 is 6.43 Å². The predicted octanol–water partition coefficient (Wildman–Crippen LogP) is 3.37. The number of halogens is 4. The summed E-state index contributed by atoms with van der Waals surface area (Å²) < 4.78 is 30.3. The van der Waals surface area contributed by atoms with Crippen LogP contribution in [-0.2, 0) is 5.88 Å². The van der Waals surface area contributed by atoms with E-state index in [1.54, 1.807) is 0 Å². The van der Waals surface area contributed by atoms with Crippen molar-refractivity contribution in [3.63, 3.8) is 0 Å². The van der Waals surface area contributed by atoms with E-state index in [0.717, 1.165) is 0 Å². The summed E-state index contributed by atoms with van der Waals surface area (Å²) in [7, 11) is 1.42. The van der Waals surface area contributed by atoms with Gasteiger partial charge in [-0.2, -0.15) is 0 Å². The van der Waals surface area contributed by atoms with Crippen LogP contribution in [0.15, 0.2) is 6.07 Å². The van der Waals surface area contributed by atoms with Crippen LogP contribution in [0.4, 0.5) is 8.78 Å². The Labute approximate surface area is 98.8 Å². The van der Waals surface area contributed by atoms with E-state index in [1.807, 2.05) is 22.6 Å². The molecule has 1 rings (SSSR count). The van der Waals surface area contributed by atoms with Crippen molar-refractivity contribution in [3.8, 4) is 5.75 Å². The minimum Gasteiger partial charge on any atom is -0.496 e. The predicted molar refractivity (Wildman–Crippen MR) is 58.0 cm³/mol. The van der Waals surface area contributed by atoms with Gasteiger partial charge in [0.2, 0.25) is 0 Å². The third kappa shape index (κ3) is 2.44. The van der Waals surface area contributed by atoms with Gasteiger partial charge in [-0.25, -0.2) is 13.8 Å². The fourth-order valence-electron chi connectivity index (χ4n) is 0.926. The molecule has 0 unspecified atom stereocenters. The van der Waals surface area contributed by atoms with Crippen molar-refractivity contribution in [1.82, 2.24) is 4.98 Å². The van der Waals surface area contributed by atoms with Crippen molar-refractivity contribution in [1.29, 1.82) is 0 Å². The molecule has 0 bridgehead atoms. The lowest BCUT2D eigenvalue weighted by Gasteiger charge is -2.09. The standard InChI is InChI=1S/C8H7ClF2INO/c1-14-6-2-4(8(10)11)13-5(3-9)7(6)12/h2,8H,3H2,1H3. The summed E-state index contributed by atoms with van der Waals surface area (Å²) >= 11 is 7.53. The number of nitrogens with zero attached hydrogens (tertiary/aromatic N) is 1. The summed E-state index contributed by atoms with van der Waals surface area (Å²) in [5.74, 6) is 0.474. The Kier molecular flexibility index (Phi) is 4.31. The van der Waals surface area contributed by atoms with Crippen LogP contribution in [-0.4, -0.2) is 12.1 Å². The second kappa shape index (κ2) is 5.06. The Hall–Kier alpha value is -0.170. The van der Waals surface area contributed by atoms with Crippen molar-refractivity contribution in [2.75, 3.05) is 7.11 Å². The van der Waals surface area contributed by atoms with Crippen LogP contribution in [0, 0.1) is 3.57 Å². The van der Waals surface area contributed by atoms with E-state index in [9.17, 15) is 8.78 Å². The van der Waals surface area contributed by atoms with Crippen molar-refractivity contribution < 1.29 is 13.5 Å². The normalized spacial score (nSPS) is 10.7. The first-order chi connectivity index (χ1) is 6.60. The minimum absolute atomic E-state index is 0.0925. The Morgan fingerprint density at radius 2 is 2.29 bits per heavy atom. The highest BCUT2D eigenvalue weighted by Crippen LogP contribution is 2.29. The quantitative estimate of drug-likeness (QED) is 0.625. The van der Waals surface area contributed by atoms with Gasteiger partial charge in [0.1, 0.15) is 11.4 Å². The molecule has 0 amide bonds. The van der Waals surface area contributed by atoms with Gasteiger partial charge in [-0.1, -0.05) is 0 Å². The third-order valence-electron chi connectivity index (χ3n) is 1.58. The molecule has 0 spiro atoms. The van der Waals surface area contributed by atoms with E-state index in [2.05, 4.69) is 4.98 Å². The van der Waals surface area contributed by atoms with E-state index >= 15 is 0 Å². The zero-order chi connectivity index (χ0) is 10.7. The second-order valence-electron chi connectivity index (χ2n) is 2.44. The molecular weight excluding hydrogens is 326 g/mol. The van der Waals surface area contributed by atoms with Crippen LogP contribution in [0.1, 0.15) is 17.8 Å². The van der Waals surface area contributed by atoms with Crippen molar-refractivity contribution in [2.24, 2.45) is 0 Å². The molecule has 0 saturated heterocycles. The van der Waals surface area contributed by atoms with E-state index in [4.69, 9.17) is 16.3 Å². The first-order valence-electron chi connectivity index (χ1n) is 3.67. The molecule has 1 aromatic heterocycles. The fraction of sp³-hybridized carbons (Fsp3) is 0.375. The average Bonchev–Trinajstić information content (AvgIpc) is 2.17. The Morgan fingerprint density at radius 3 is 2.71 bits per heavy atom. The fourth-order valence-corrected chi connectivity index (χ4v) is 2.03. The zero-order valence-electron chi connectivity index (χ0n) is 7.23. The molecule has 0 aliphatic carbocycles. The van der Waals surface area contributed by atoms with Crippen LogP contribution < -0.4 is 4.74 Å². The second-order valence-corrected chi connectivity index (χ2v) is 3.79. The number of ether oxygens (including phenoxy) is 1. The molecule has 0 fully saturated rings. The number of pyridine rings is 1. The van der Waals surface area contributed by atoms with Gasteiger partial charge in [-0.05, 0) is 22.6 Å². The average molecular weight is 334 g/mol. The SMILES string of the molecule is COc1cc(C(F)F)nc(CCl)c1I. The molecule has 0 aliphatic rings. The Morgan fingerprint density at radius 1 is 1.64 bits per heavy atom. The van der Waals surface area contributed by atoms with Gasteiger partial charge in [-0.3, -0.25) is 0 Å². The summed E-state index contributed by atoms with van der Waals surface area (Å²) in [5, 5.41) is 0. The summed E-state index contributed by atoms with van der Waals surface area (Å²) in [6.07, 6.45) is -2.61. The molecule has 0 aliphatic heterocycles. The van der Waals surface area contributed by atoms with E-state index in [0.29, 0.717) is 15.0 Å². The molecule has 0 radical (unpaired) electrons. The molecule has 6 heteroatoms. The minimum atomic E-state index is -2.61. The number of alkyl halides is 3. The van der Waals surface area contributed by atoms with Crippen LogP contribution >= 0.6 is 34.2 Å². The van der Waals surface area contributed by atoms with Gasteiger partial charge in [0.05, 0.1) is 22.3 Å². The maximum absolute atomic E-state index is 12.4. The van der Waals surface area contributed by atoms with Gasteiger partial charge in [-0.15, -0.1) is 11.6 Å². The lowest BCUT2D eigenvalue weighted by Crippen LogP contribution is -2.00. The molecule has 2 nitrogen and oxygen atoms in total. The first kappa shape index (κ1) is 11.9. The van der Waals surface area contributed by atoms with Crippen LogP contribution in [0.25, 0.3) is 0 Å². The smallest absolute Gasteiger partial charge is 0.280 e. The molecule has 0 N–H and O–H groups in total. The summed E-state index contributed by atoms with van der Waals surface area (Å²) in [6, 6.07) is 1.22. The lowest BCUT2D eigenvalue weighted by atomic mass is 10.3. The molecule has 1 aromatic rings. The number of aromatic nitrogens is 1. The maximum atomic E-state index is 12.4. The van der Waals surface area contributed by atoms with Gasteiger partial charge in [0.15, 0.2) is 0 Å². The summed E-state index contributed by atoms with van der Waals surface area (Å²) in [5.41, 5.74) is 0.111. The van der Waals surface area contributed by atoms with Gasteiger partial charge >= 0.3 is 0 Å². The lowest BCUT2D eigenvalue weighted by molar-refractivity contribution is 0.145. The Bertz CT molecular complexity index is 310. The van der Waals surface area contributed by atoms with Gasteiger partial charge in [0.25, 0.3) is 6.43 Å². The van der Waals surface area contributed by atoms with Crippen LogP contribution in [0.5, 0.6) is 5.75 Å². The summed E-state index contributed by atoms with van der Waals surface area (Å²) in [4.78, 5) is 3.73. The highest BCUT2D eigenvalue weighted by atomic mass is 127.